The molecule has 1 fully saturated rings. The maximum atomic E-state index is 13.7. The number of rotatable bonds is 6. The fraction of sp³-hybridized carbons (Fsp3) is 0.395. The molecular formula is C38H43N3O3. The predicted molar refractivity (Wildman–Crippen MR) is 175 cm³/mol. The van der Waals surface area contributed by atoms with Gasteiger partial charge in [0, 0.05) is 6.54 Å². The second-order valence-electron chi connectivity index (χ2n) is 13.9. The molecule has 44 heavy (non-hydrogen) atoms. The molecule has 2 aliphatic rings. The summed E-state index contributed by atoms with van der Waals surface area (Å²) in [4.78, 5) is 36.9. The molecule has 0 spiro atoms. The molecule has 1 aromatic heterocycles. The number of carbonyl (C=O) groups is 1. The number of aliphatic hydroxyl groups excluding tert-OH is 1. The molecule has 1 amide bonds. The van der Waals surface area contributed by atoms with Gasteiger partial charge in [0.25, 0.3) is 11.5 Å². The monoisotopic (exact) mass is 589 g/mol. The van der Waals surface area contributed by atoms with Crippen LogP contribution in [0, 0.1) is 0 Å². The number of fused-ring (bicyclic) bond motifs is 1. The van der Waals surface area contributed by atoms with E-state index in [9.17, 15) is 14.7 Å². The molecule has 2 heterocycles. The fourth-order valence-electron chi connectivity index (χ4n) is 6.39. The van der Waals surface area contributed by atoms with E-state index in [2.05, 4.69) is 82.1 Å². The SMILES string of the molecule is CC(C)c1cccc(C2(c3nc4c(c(=O)[nH]3)CN(C(=O)C(O)c3cccc(-c5cccc(C(C)(C)C)c5)c3)CCC4)CC2)c1. The van der Waals surface area contributed by atoms with Crippen molar-refractivity contribution in [3.8, 4) is 11.1 Å². The highest BCUT2D eigenvalue weighted by atomic mass is 16.3. The number of aromatic amines is 1. The molecule has 1 aliphatic heterocycles. The molecule has 1 atom stereocenters. The zero-order valence-corrected chi connectivity index (χ0v) is 26.5. The Hall–Kier alpha value is -4.03. The summed E-state index contributed by atoms with van der Waals surface area (Å²) < 4.78 is 0. The molecule has 228 valence electrons. The van der Waals surface area contributed by atoms with E-state index in [1.165, 1.54) is 16.7 Å². The van der Waals surface area contributed by atoms with Gasteiger partial charge in [-0.2, -0.15) is 0 Å². The molecule has 6 rings (SSSR count). The third-order valence-electron chi connectivity index (χ3n) is 9.41. The van der Waals surface area contributed by atoms with E-state index >= 15 is 0 Å². The van der Waals surface area contributed by atoms with Crippen LogP contribution >= 0.6 is 0 Å². The van der Waals surface area contributed by atoms with Crippen LogP contribution in [-0.2, 0) is 28.6 Å². The number of aryl methyl sites for hydroxylation is 1. The molecule has 3 aromatic carbocycles. The van der Waals surface area contributed by atoms with Gasteiger partial charge in [-0.1, -0.05) is 101 Å². The van der Waals surface area contributed by atoms with Gasteiger partial charge in [0.15, 0.2) is 6.10 Å². The molecule has 1 aliphatic carbocycles. The quantitative estimate of drug-likeness (QED) is 0.255. The first-order valence-corrected chi connectivity index (χ1v) is 15.9. The maximum Gasteiger partial charge on any atom is 0.256 e. The van der Waals surface area contributed by atoms with Crippen molar-refractivity contribution in [1.82, 2.24) is 14.9 Å². The van der Waals surface area contributed by atoms with E-state index in [1.807, 2.05) is 24.3 Å². The van der Waals surface area contributed by atoms with Crippen molar-refractivity contribution < 1.29 is 9.90 Å². The standard InChI is InChI=1S/C38H43N3O3/c1-24(2)25-10-7-15-30(21-25)38(17-18-38)36-39-32-16-9-19-41(23-31(32)34(43)40-36)35(44)33(42)28-13-6-11-26(20-28)27-12-8-14-29(22-27)37(3,4)5/h6-8,10-15,20-22,24,33,42H,9,16-19,23H2,1-5H3,(H,39,40,43). The van der Waals surface area contributed by atoms with Gasteiger partial charge in [0.2, 0.25) is 0 Å². The fourth-order valence-corrected chi connectivity index (χ4v) is 6.39. The number of amides is 1. The summed E-state index contributed by atoms with van der Waals surface area (Å²) in [7, 11) is 0. The van der Waals surface area contributed by atoms with Crippen LogP contribution in [0.4, 0.5) is 0 Å². The highest BCUT2D eigenvalue weighted by molar-refractivity contribution is 5.83. The smallest absolute Gasteiger partial charge is 0.256 e. The van der Waals surface area contributed by atoms with Gasteiger partial charge < -0.3 is 15.0 Å². The van der Waals surface area contributed by atoms with Crippen molar-refractivity contribution in [2.45, 2.75) is 89.7 Å². The first kappa shape index (κ1) is 30.0. The van der Waals surface area contributed by atoms with Crippen molar-refractivity contribution >= 4 is 5.91 Å². The van der Waals surface area contributed by atoms with Crippen LogP contribution in [-0.4, -0.2) is 32.4 Å². The lowest BCUT2D eigenvalue weighted by Gasteiger charge is -2.24. The molecular weight excluding hydrogens is 546 g/mol. The van der Waals surface area contributed by atoms with Crippen LogP contribution in [0.15, 0.2) is 77.6 Å². The van der Waals surface area contributed by atoms with Crippen molar-refractivity contribution in [2.75, 3.05) is 6.54 Å². The average molecular weight is 590 g/mol. The number of benzene rings is 3. The van der Waals surface area contributed by atoms with Crippen molar-refractivity contribution in [1.29, 1.82) is 0 Å². The lowest BCUT2D eigenvalue weighted by Crippen LogP contribution is -2.36. The second-order valence-corrected chi connectivity index (χ2v) is 13.9. The minimum atomic E-state index is -1.32. The summed E-state index contributed by atoms with van der Waals surface area (Å²) in [6.07, 6.45) is 1.88. The van der Waals surface area contributed by atoms with Crippen LogP contribution in [0.5, 0.6) is 0 Å². The summed E-state index contributed by atoms with van der Waals surface area (Å²) in [5, 5.41) is 11.3. The molecule has 6 nitrogen and oxygen atoms in total. The third-order valence-corrected chi connectivity index (χ3v) is 9.41. The van der Waals surface area contributed by atoms with E-state index in [1.54, 1.807) is 11.0 Å². The first-order chi connectivity index (χ1) is 21.0. The van der Waals surface area contributed by atoms with Crippen LogP contribution in [0.1, 0.15) is 105 Å². The highest BCUT2D eigenvalue weighted by Crippen LogP contribution is 2.52. The molecule has 2 N–H and O–H groups in total. The van der Waals surface area contributed by atoms with Gasteiger partial charge in [0.05, 0.1) is 23.2 Å². The predicted octanol–water partition coefficient (Wildman–Crippen LogP) is 6.95. The summed E-state index contributed by atoms with van der Waals surface area (Å²) in [5.41, 5.74) is 7.09. The summed E-state index contributed by atoms with van der Waals surface area (Å²) >= 11 is 0. The van der Waals surface area contributed by atoms with Crippen LogP contribution < -0.4 is 5.56 Å². The molecule has 6 heteroatoms. The molecule has 0 bridgehead atoms. The molecule has 0 radical (unpaired) electrons. The summed E-state index contributed by atoms with van der Waals surface area (Å²) in [5.74, 6) is 0.756. The van der Waals surface area contributed by atoms with Gasteiger partial charge >= 0.3 is 0 Å². The van der Waals surface area contributed by atoms with Gasteiger partial charge in [0.1, 0.15) is 5.82 Å². The lowest BCUT2D eigenvalue weighted by atomic mass is 9.85. The van der Waals surface area contributed by atoms with Crippen molar-refractivity contribution in [3.05, 3.63) is 122 Å². The topological polar surface area (TPSA) is 86.3 Å². The van der Waals surface area contributed by atoms with E-state index in [0.29, 0.717) is 36.4 Å². The zero-order valence-electron chi connectivity index (χ0n) is 26.5. The minimum Gasteiger partial charge on any atom is -0.378 e. The van der Waals surface area contributed by atoms with E-state index < -0.39 is 12.0 Å². The number of H-pyrrole nitrogens is 1. The van der Waals surface area contributed by atoms with Gasteiger partial charge in [-0.05, 0) is 76.5 Å². The average Bonchev–Trinajstić information content (AvgIpc) is 3.85. The minimum absolute atomic E-state index is 0.0116. The number of hydrogen-bond donors (Lipinski definition) is 2. The Bertz CT molecular complexity index is 1760. The Balaban J connectivity index is 1.24. The normalized spacial score (nSPS) is 16.8. The van der Waals surface area contributed by atoms with Gasteiger partial charge in [-0.3, -0.25) is 9.59 Å². The number of nitrogens with one attached hydrogen (secondary N) is 1. The Labute approximate surface area is 260 Å². The Morgan fingerprint density at radius 1 is 0.955 bits per heavy atom. The Morgan fingerprint density at radius 3 is 2.34 bits per heavy atom. The highest BCUT2D eigenvalue weighted by Gasteiger charge is 2.49. The number of aromatic nitrogens is 2. The Kier molecular flexibility index (Phi) is 7.83. The van der Waals surface area contributed by atoms with Crippen molar-refractivity contribution in [2.24, 2.45) is 0 Å². The molecule has 1 saturated carbocycles. The van der Waals surface area contributed by atoms with E-state index in [0.717, 1.165) is 35.5 Å². The second kappa shape index (κ2) is 11.5. The largest absolute Gasteiger partial charge is 0.378 e. The van der Waals surface area contributed by atoms with Crippen LogP contribution in [0.2, 0.25) is 0 Å². The van der Waals surface area contributed by atoms with Crippen molar-refractivity contribution in [3.63, 3.8) is 0 Å². The molecule has 1 unspecified atom stereocenters. The number of carbonyl (C=O) groups excluding carboxylic acids is 1. The molecule has 0 saturated heterocycles. The van der Waals surface area contributed by atoms with Gasteiger partial charge in [-0.15, -0.1) is 0 Å². The Morgan fingerprint density at radius 2 is 1.64 bits per heavy atom. The number of aliphatic hydroxyl groups is 1. The molecule has 4 aromatic rings. The van der Waals surface area contributed by atoms with Crippen LogP contribution in [0.3, 0.4) is 0 Å². The van der Waals surface area contributed by atoms with Gasteiger partial charge in [-0.25, -0.2) is 4.98 Å². The van der Waals surface area contributed by atoms with E-state index in [-0.39, 0.29) is 22.9 Å². The summed E-state index contributed by atoms with van der Waals surface area (Å²) in [6, 6.07) is 24.6. The number of hydrogen-bond acceptors (Lipinski definition) is 4. The van der Waals surface area contributed by atoms with Crippen LogP contribution in [0.25, 0.3) is 11.1 Å². The maximum absolute atomic E-state index is 13.7. The third kappa shape index (κ3) is 5.75. The zero-order chi connectivity index (χ0) is 31.2. The number of nitrogens with zero attached hydrogens (tertiary/aromatic N) is 2. The first-order valence-electron chi connectivity index (χ1n) is 15.9. The summed E-state index contributed by atoms with van der Waals surface area (Å²) in [6.45, 7) is 11.5. The lowest BCUT2D eigenvalue weighted by molar-refractivity contribution is -0.141. The van der Waals surface area contributed by atoms with E-state index in [4.69, 9.17) is 4.98 Å².